The van der Waals surface area contributed by atoms with Crippen molar-refractivity contribution in [3.63, 3.8) is 0 Å². The van der Waals surface area contributed by atoms with Gasteiger partial charge in [-0.15, -0.1) is 0 Å². The molecule has 1 fully saturated rings. The summed E-state index contributed by atoms with van der Waals surface area (Å²) in [7, 11) is 0. The van der Waals surface area contributed by atoms with Crippen LogP contribution in [-0.4, -0.2) is 27.6 Å². The molecule has 1 saturated heterocycles. The minimum Gasteiger partial charge on any atom is -0.342 e. The van der Waals surface area contributed by atoms with Gasteiger partial charge >= 0.3 is 0 Å². The van der Waals surface area contributed by atoms with E-state index in [0.29, 0.717) is 6.54 Å². The Balaban J connectivity index is 1.71. The Kier molecular flexibility index (Phi) is 4.78. The molecule has 0 amide bonds. The molecule has 0 aliphatic carbocycles. The van der Waals surface area contributed by atoms with Crippen LogP contribution in [0.2, 0.25) is 0 Å². The van der Waals surface area contributed by atoms with Crippen molar-refractivity contribution in [1.82, 2.24) is 14.5 Å². The van der Waals surface area contributed by atoms with Gasteiger partial charge in [0.1, 0.15) is 0 Å². The zero-order chi connectivity index (χ0) is 17.8. The first-order chi connectivity index (χ1) is 12.8. The van der Waals surface area contributed by atoms with Crippen LogP contribution in [0.3, 0.4) is 0 Å². The SMILES string of the molecule is O=c1cc(-c2ccncc2)nc(N2CCCC2)n1CCc1ccccc1. The number of aryl methyl sites for hydroxylation is 1. The van der Waals surface area contributed by atoms with Crippen molar-refractivity contribution < 1.29 is 0 Å². The highest BCUT2D eigenvalue weighted by molar-refractivity contribution is 5.59. The normalized spacial score (nSPS) is 13.9. The van der Waals surface area contributed by atoms with E-state index in [1.165, 1.54) is 5.56 Å². The molecule has 1 aliphatic rings. The third-order valence-corrected chi connectivity index (χ3v) is 4.82. The summed E-state index contributed by atoms with van der Waals surface area (Å²) in [6.45, 7) is 2.55. The highest BCUT2D eigenvalue weighted by Gasteiger charge is 2.19. The molecular weight excluding hydrogens is 324 g/mol. The Morgan fingerprint density at radius 1 is 0.962 bits per heavy atom. The summed E-state index contributed by atoms with van der Waals surface area (Å²) >= 11 is 0. The fourth-order valence-corrected chi connectivity index (χ4v) is 3.42. The maximum absolute atomic E-state index is 12.9. The third kappa shape index (κ3) is 3.52. The van der Waals surface area contributed by atoms with Gasteiger partial charge in [-0.3, -0.25) is 14.3 Å². The average molecular weight is 346 g/mol. The van der Waals surface area contributed by atoms with Gasteiger partial charge in [0.2, 0.25) is 5.95 Å². The maximum Gasteiger partial charge on any atom is 0.255 e. The number of nitrogens with zero attached hydrogens (tertiary/aromatic N) is 4. The lowest BCUT2D eigenvalue weighted by Crippen LogP contribution is -2.31. The van der Waals surface area contributed by atoms with Crippen molar-refractivity contribution in [1.29, 1.82) is 0 Å². The van der Waals surface area contributed by atoms with Crippen LogP contribution in [0.15, 0.2) is 65.7 Å². The molecule has 0 bridgehead atoms. The summed E-state index contributed by atoms with van der Waals surface area (Å²) in [5.74, 6) is 0.790. The Hall–Kier alpha value is -2.95. The summed E-state index contributed by atoms with van der Waals surface area (Å²) in [4.78, 5) is 24.0. The van der Waals surface area contributed by atoms with Crippen molar-refractivity contribution >= 4 is 5.95 Å². The zero-order valence-corrected chi connectivity index (χ0v) is 14.7. The summed E-state index contributed by atoms with van der Waals surface area (Å²) in [5.41, 5.74) is 2.87. The Bertz CT molecular complexity index is 916. The molecule has 3 aromatic rings. The zero-order valence-electron chi connectivity index (χ0n) is 14.7. The Morgan fingerprint density at radius 3 is 2.42 bits per heavy atom. The van der Waals surface area contributed by atoms with E-state index in [-0.39, 0.29) is 5.56 Å². The topological polar surface area (TPSA) is 51.0 Å². The molecule has 5 heteroatoms. The van der Waals surface area contributed by atoms with Crippen LogP contribution in [0.1, 0.15) is 18.4 Å². The minimum atomic E-state index is 0.00430. The smallest absolute Gasteiger partial charge is 0.255 e. The fourth-order valence-electron chi connectivity index (χ4n) is 3.42. The first-order valence-electron chi connectivity index (χ1n) is 9.12. The van der Waals surface area contributed by atoms with Gasteiger partial charge in [-0.1, -0.05) is 30.3 Å². The van der Waals surface area contributed by atoms with E-state index in [1.54, 1.807) is 18.5 Å². The molecule has 3 heterocycles. The van der Waals surface area contributed by atoms with Crippen molar-refractivity contribution in [2.24, 2.45) is 0 Å². The van der Waals surface area contributed by atoms with E-state index in [9.17, 15) is 4.79 Å². The van der Waals surface area contributed by atoms with E-state index in [4.69, 9.17) is 4.98 Å². The van der Waals surface area contributed by atoms with Crippen molar-refractivity contribution in [2.45, 2.75) is 25.8 Å². The number of aromatic nitrogens is 3. The van der Waals surface area contributed by atoms with Gasteiger partial charge in [0.05, 0.1) is 5.69 Å². The van der Waals surface area contributed by atoms with Crippen molar-refractivity contribution in [3.8, 4) is 11.3 Å². The fraction of sp³-hybridized carbons (Fsp3) is 0.286. The van der Waals surface area contributed by atoms with Gasteiger partial charge < -0.3 is 4.90 Å². The van der Waals surface area contributed by atoms with E-state index in [0.717, 1.165) is 49.6 Å². The lowest BCUT2D eigenvalue weighted by Gasteiger charge is -2.22. The first-order valence-corrected chi connectivity index (χ1v) is 9.12. The molecule has 132 valence electrons. The summed E-state index contributed by atoms with van der Waals surface area (Å²) < 4.78 is 1.82. The second-order valence-corrected chi connectivity index (χ2v) is 6.60. The molecule has 0 spiro atoms. The van der Waals surface area contributed by atoms with Gasteiger partial charge in [-0.2, -0.15) is 0 Å². The van der Waals surface area contributed by atoms with Gasteiger partial charge in [-0.25, -0.2) is 4.98 Å². The largest absolute Gasteiger partial charge is 0.342 e. The van der Waals surface area contributed by atoms with E-state index in [1.807, 2.05) is 34.9 Å². The van der Waals surface area contributed by atoms with Crippen molar-refractivity contribution in [2.75, 3.05) is 18.0 Å². The van der Waals surface area contributed by atoms with E-state index >= 15 is 0 Å². The van der Waals surface area contributed by atoms with Crippen LogP contribution >= 0.6 is 0 Å². The molecule has 0 saturated carbocycles. The van der Waals surface area contributed by atoms with E-state index < -0.39 is 0 Å². The van der Waals surface area contributed by atoms with Crippen LogP contribution < -0.4 is 10.5 Å². The second-order valence-electron chi connectivity index (χ2n) is 6.60. The highest BCUT2D eigenvalue weighted by Crippen LogP contribution is 2.21. The van der Waals surface area contributed by atoms with Gasteiger partial charge in [0.25, 0.3) is 5.56 Å². The molecule has 1 aromatic carbocycles. The summed E-state index contributed by atoms with van der Waals surface area (Å²) in [6.07, 6.45) is 6.57. The minimum absolute atomic E-state index is 0.00430. The first kappa shape index (κ1) is 16.5. The lowest BCUT2D eigenvalue weighted by atomic mass is 10.1. The molecule has 0 N–H and O–H groups in total. The van der Waals surface area contributed by atoms with Crippen LogP contribution in [0, 0.1) is 0 Å². The molecule has 0 radical (unpaired) electrons. The number of hydrogen-bond donors (Lipinski definition) is 0. The molecule has 0 atom stereocenters. The molecule has 1 aliphatic heterocycles. The number of hydrogen-bond acceptors (Lipinski definition) is 4. The Labute approximate surface area is 153 Å². The van der Waals surface area contributed by atoms with E-state index in [2.05, 4.69) is 22.0 Å². The predicted molar refractivity (Wildman–Crippen MR) is 103 cm³/mol. The Morgan fingerprint density at radius 2 is 1.69 bits per heavy atom. The van der Waals surface area contributed by atoms with Gasteiger partial charge in [-0.05, 0) is 37.0 Å². The number of rotatable bonds is 5. The number of benzene rings is 1. The highest BCUT2D eigenvalue weighted by atomic mass is 16.1. The molecular formula is C21H22N4O. The standard InChI is InChI=1S/C21H22N4O/c26-20-16-19(18-8-11-22-12-9-18)23-21(24-13-4-5-14-24)25(20)15-10-17-6-2-1-3-7-17/h1-3,6-9,11-12,16H,4-5,10,13-15H2. The van der Waals surface area contributed by atoms with Gasteiger partial charge in [0.15, 0.2) is 0 Å². The van der Waals surface area contributed by atoms with Crippen LogP contribution in [-0.2, 0) is 13.0 Å². The monoisotopic (exact) mass is 346 g/mol. The molecule has 5 nitrogen and oxygen atoms in total. The lowest BCUT2D eigenvalue weighted by molar-refractivity contribution is 0.641. The number of pyridine rings is 1. The molecule has 4 rings (SSSR count). The van der Waals surface area contributed by atoms with Crippen LogP contribution in [0.25, 0.3) is 11.3 Å². The third-order valence-electron chi connectivity index (χ3n) is 4.82. The summed E-state index contributed by atoms with van der Waals surface area (Å²) in [6, 6.07) is 15.7. The van der Waals surface area contributed by atoms with Crippen LogP contribution in [0.5, 0.6) is 0 Å². The molecule has 2 aromatic heterocycles. The van der Waals surface area contributed by atoms with Crippen molar-refractivity contribution in [3.05, 3.63) is 76.8 Å². The molecule has 0 unspecified atom stereocenters. The second kappa shape index (κ2) is 7.52. The summed E-state index contributed by atoms with van der Waals surface area (Å²) in [5, 5.41) is 0. The quantitative estimate of drug-likeness (QED) is 0.712. The predicted octanol–water partition coefficient (Wildman–Crippen LogP) is 3.15. The maximum atomic E-state index is 12.9. The number of anilines is 1. The molecule has 26 heavy (non-hydrogen) atoms. The average Bonchev–Trinajstić information content (AvgIpc) is 3.23. The van der Waals surface area contributed by atoms with Crippen LogP contribution in [0.4, 0.5) is 5.95 Å². The van der Waals surface area contributed by atoms with Gasteiger partial charge in [0, 0.05) is 43.7 Å².